The van der Waals surface area contributed by atoms with E-state index in [1.807, 2.05) is 24.3 Å². The smallest absolute Gasteiger partial charge is 0.306 e. The van der Waals surface area contributed by atoms with E-state index in [1.54, 1.807) is 11.8 Å². The molecular formula is C41H53BrF2NO7P. The fourth-order valence-electron chi connectivity index (χ4n) is 8.91. The zero-order valence-electron chi connectivity index (χ0n) is 30.7. The number of ether oxygens (including phenoxy) is 2. The first-order valence-corrected chi connectivity index (χ1v) is 22.2. The van der Waals surface area contributed by atoms with Crippen molar-refractivity contribution >= 4 is 41.0 Å². The fourth-order valence-corrected chi connectivity index (χ4v) is 12.6. The van der Waals surface area contributed by atoms with E-state index in [9.17, 15) is 14.4 Å². The predicted molar refractivity (Wildman–Crippen MR) is 201 cm³/mol. The number of hydrogen-bond donors (Lipinski definition) is 0. The van der Waals surface area contributed by atoms with Gasteiger partial charge in [0.2, 0.25) is 13.3 Å². The molecule has 4 fully saturated rings. The van der Waals surface area contributed by atoms with Crippen molar-refractivity contribution in [3.8, 4) is 0 Å². The molecule has 4 aliphatic rings. The minimum absolute atomic E-state index is 0.0447. The van der Waals surface area contributed by atoms with Gasteiger partial charge in [-0.1, -0.05) is 66.2 Å². The monoisotopic (exact) mass is 819 g/mol. The first-order valence-electron chi connectivity index (χ1n) is 19.6. The third-order valence-corrected chi connectivity index (χ3v) is 15.9. The van der Waals surface area contributed by atoms with Crippen molar-refractivity contribution in [1.82, 2.24) is 4.90 Å². The molecule has 6 atom stereocenters. The summed E-state index contributed by atoms with van der Waals surface area (Å²) in [5.74, 6) is -3.25. The quantitative estimate of drug-likeness (QED) is 0.165. The Bertz CT molecular complexity index is 1630. The minimum Gasteiger partial charge on any atom is -0.462 e. The maximum Gasteiger partial charge on any atom is 0.306 e. The molecule has 0 aromatic heterocycles. The second-order valence-corrected chi connectivity index (χ2v) is 19.3. The maximum atomic E-state index is 15.1. The van der Waals surface area contributed by atoms with Gasteiger partial charge >= 0.3 is 5.97 Å². The molecule has 0 N–H and O–H groups in total. The van der Waals surface area contributed by atoms with Crippen LogP contribution in [0.1, 0.15) is 114 Å². The Morgan fingerprint density at radius 3 is 2.28 bits per heavy atom. The topological polar surface area (TPSA) is 99.2 Å². The van der Waals surface area contributed by atoms with E-state index in [2.05, 4.69) is 15.9 Å². The van der Waals surface area contributed by atoms with Crippen molar-refractivity contribution in [2.24, 2.45) is 11.8 Å². The Morgan fingerprint density at radius 1 is 0.925 bits per heavy atom. The lowest BCUT2D eigenvalue weighted by Gasteiger charge is -2.32. The lowest BCUT2D eigenvalue weighted by molar-refractivity contribution is -0.154. The standard InChI is InChI=1S/C41H53BrF2NO7P/c1-2-51-53(49,27-34-35(43)15-10-16-36(34)44)41-23-30(41)12-7-5-3-4-6-11-29(21-39(47)52-32-13-8-9-14-32)40(48)45-25-33(22-37(45)38(46)24-41)50-26-28-17-19-31(42)20-18-28/h10,15-20,29-30,32-33,37H,2-9,11-14,21-27H2,1H3/t29-,30-,33+,37+,41-,53?/m1/s1. The van der Waals surface area contributed by atoms with Crippen molar-refractivity contribution in [2.45, 2.75) is 139 Å². The summed E-state index contributed by atoms with van der Waals surface area (Å²) in [6.07, 6.45) is 8.86. The van der Waals surface area contributed by atoms with Gasteiger partial charge in [0.05, 0.1) is 43.1 Å². The number of nitrogens with zero attached hydrogens (tertiary/aromatic N) is 1. The van der Waals surface area contributed by atoms with Crippen LogP contribution in [0.3, 0.4) is 0 Å². The predicted octanol–water partition coefficient (Wildman–Crippen LogP) is 9.68. The molecule has 0 bridgehead atoms. The number of Topliss-reactive ketones (excluding diaryl/α,β-unsaturated/α-hetero) is 1. The lowest BCUT2D eigenvalue weighted by atomic mass is 9.94. The second kappa shape index (κ2) is 18.0. The van der Waals surface area contributed by atoms with Crippen molar-refractivity contribution in [3.63, 3.8) is 0 Å². The van der Waals surface area contributed by atoms with Crippen LogP contribution in [0.4, 0.5) is 8.78 Å². The zero-order chi connectivity index (χ0) is 37.6. The van der Waals surface area contributed by atoms with Gasteiger partial charge in [-0.05, 0) is 87.6 Å². The van der Waals surface area contributed by atoms with Crippen LogP contribution in [0.15, 0.2) is 46.9 Å². The Labute approximate surface area is 320 Å². The number of esters is 1. The summed E-state index contributed by atoms with van der Waals surface area (Å²) in [7, 11) is -3.85. The summed E-state index contributed by atoms with van der Waals surface area (Å²) < 4.78 is 64.3. The molecule has 53 heavy (non-hydrogen) atoms. The number of benzene rings is 2. The molecule has 1 amide bonds. The number of halogens is 3. The zero-order valence-corrected chi connectivity index (χ0v) is 33.2. The van der Waals surface area contributed by atoms with Crippen LogP contribution in [0.5, 0.6) is 0 Å². The molecule has 12 heteroatoms. The van der Waals surface area contributed by atoms with Gasteiger partial charge in [-0.25, -0.2) is 8.78 Å². The molecule has 6 rings (SSSR count). The summed E-state index contributed by atoms with van der Waals surface area (Å²) in [5, 5.41) is -1.09. The van der Waals surface area contributed by atoms with E-state index < -0.39 is 48.4 Å². The van der Waals surface area contributed by atoms with Crippen LogP contribution >= 0.6 is 23.3 Å². The van der Waals surface area contributed by atoms with Gasteiger partial charge < -0.3 is 18.9 Å². The maximum absolute atomic E-state index is 15.1. The molecule has 0 radical (unpaired) electrons. The molecule has 1 unspecified atom stereocenters. The molecule has 290 valence electrons. The first kappa shape index (κ1) is 40.2. The highest BCUT2D eigenvalue weighted by atomic mass is 79.9. The molecule has 2 aliphatic carbocycles. The third kappa shape index (κ3) is 9.68. The summed E-state index contributed by atoms with van der Waals surface area (Å²) in [5.41, 5.74) is 0.653. The Morgan fingerprint density at radius 2 is 1.58 bits per heavy atom. The van der Waals surface area contributed by atoms with E-state index in [4.69, 9.17) is 14.0 Å². The SMILES string of the molecule is CCOP(=O)(Cc1c(F)cccc1F)[C@]12CC(=O)[C@@H]3C[C@H](OCc4ccc(Br)cc4)CN3C(=O)[C@@H](CC(=O)OC3CCCC3)CCCCCCC[C@@H]1C2. The molecule has 2 aliphatic heterocycles. The van der Waals surface area contributed by atoms with Crippen LogP contribution < -0.4 is 0 Å². The normalized spacial score (nSPS) is 28.4. The van der Waals surface area contributed by atoms with E-state index in [0.29, 0.717) is 12.8 Å². The minimum atomic E-state index is -3.85. The van der Waals surface area contributed by atoms with Gasteiger partial charge in [-0.3, -0.25) is 18.9 Å². The van der Waals surface area contributed by atoms with Gasteiger partial charge in [-0.2, -0.15) is 0 Å². The van der Waals surface area contributed by atoms with E-state index >= 15 is 13.3 Å². The van der Waals surface area contributed by atoms with Crippen LogP contribution in [-0.4, -0.2) is 59.1 Å². The summed E-state index contributed by atoms with van der Waals surface area (Å²) in [6, 6.07) is 10.4. The van der Waals surface area contributed by atoms with Crippen LogP contribution in [-0.2, 0) is 45.7 Å². The van der Waals surface area contributed by atoms with E-state index in [-0.39, 0.29) is 74.3 Å². The number of rotatable bonds is 11. The van der Waals surface area contributed by atoms with E-state index in [0.717, 1.165) is 86.4 Å². The molecule has 8 nitrogen and oxygen atoms in total. The number of carbonyl (C=O) groups is 3. The number of carbonyl (C=O) groups excluding carboxylic acids is 3. The van der Waals surface area contributed by atoms with Crippen molar-refractivity contribution < 1.29 is 41.7 Å². The third-order valence-electron chi connectivity index (χ3n) is 11.9. The average Bonchev–Trinajstić information content (AvgIpc) is 3.41. The highest BCUT2D eigenvalue weighted by Crippen LogP contribution is 2.77. The van der Waals surface area contributed by atoms with Crippen molar-refractivity contribution in [3.05, 3.63) is 69.7 Å². The number of hydrogen-bond acceptors (Lipinski definition) is 7. The van der Waals surface area contributed by atoms with Gasteiger partial charge in [0, 0.05) is 35.3 Å². The van der Waals surface area contributed by atoms with Crippen LogP contribution in [0, 0.1) is 23.5 Å². The van der Waals surface area contributed by atoms with Gasteiger partial charge in [0.25, 0.3) is 0 Å². The molecule has 0 spiro atoms. The molecule has 2 aromatic carbocycles. The first-order chi connectivity index (χ1) is 25.5. The Kier molecular flexibility index (Phi) is 13.7. The van der Waals surface area contributed by atoms with Crippen molar-refractivity contribution in [1.29, 1.82) is 0 Å². The molecular weight excluding hydrogens is 767 g/mol. The summed E-state index contributed by atoms with van der Waals surface area (Å²) >= 11 is 3.46. The van der Waals surface area contributed by atoms with Gasteiger partial charge in [0.1, 0.15) is 17.7 Å². The van der Waals surface area contributed by atoms with Gasteiger partial charge in [0.15, 0.2) is 5.78 Å². The Balaban J connectivity index is 1.29. The molecule has 2 heterocycles. The largest absolute Gasteiger partial charge is 0.462 e. The van der Waals surface area contributed by atoms with Crippen molar-refractivity contribution in [2.75, 3.05) is 13.2 Å². The summed E-state index contributed by atoms with van der Waals surface area (Å²) in [6.45, 7) is 2.24. The highest BCUT2D eigenvalue weighted by molar-refractivity contribution is 9.10. The molecule has 2 aromatic rings. The lowest BCUT2D eigenvalue weighted by Crippen LogP contribution is -2.45. The fraction of sp³-hybridized carbons (Fsp3) is 0.634. The molecule has 2 saturated heterocycles. The van der Waals surface area contributed by atoms with Crippen LogP contribution in [0.2, 0.25) is 0 Å². The average molecular weight is 821 g/mol. The van der Waals surface area contributed by atoms with E-state index in [1.165, 1.54) is 6.07 Å². The summed E-state index contributed by atoms with van der Waals surface area (Å²) in [4.78, 5) is 44.1. The number of amides is 1. The van der Waals surface area contributed by atoms with Crippen LogP contribution in [0.25, 0.3) is 0 Å². The molecule has 2 saturated carbocycles. The highest BCUT2D eigenvalue weighted by Gasteiger charge is 2.67. The Hall–Kier alpha value is -2.46. The number of fused-ring (bicyclic) bond motifs is 2. The number of ketones is 1. The van der Waals surface area contributed by atoms with Gasteiger partial charge in [-0.15, -0.1) is 0 Å². The second-order valence-electron chi connectivity index (χ2n) is 15.5.